The van der Waals surface area contributed by atoms with Crippen LogP contribution in [-0.4, -0.2) is 33.1 Å². The minimum absolute atomic E-state index is 0.269. The first-order chi connectivity index (χ1) is 9.17. The number of ether oxygens (including phenoxy) is 1. The van der Waals surface area contributed by atoms with Gasteiger partial charge in [0.15, 0.2) is 12.1 Å². The molecule has 2 rings (SSSR count). The zero-order chi connectivity index (χ0) is 13.8. The molecule has 0 spiro atoms. The molecule has 0 aliphatic rings. The van der Waals surface area contributed by atoms with Crippen molar-refractivity contribution < 1.29 is 13.9 Å². The first-order valence-electron chi connectivity index (χ1n) is 6.07. The maximum Gasteiger partial charge on any atom is 0.360 e. The molecule has 0 bridgehead atoms. The number of nitrogens with zero attached hydrogens (tertiary/aromatic N) is 4. The van der Waals surface area contributed by atoms with Crippen LogP contribution >= 0.6 is 0 Å². The molecule has 0 radical (unpaired) electrons. The molecule has 19 heavy (non-hydrogen) atoms. The quantitative estimate of drug-likeness (QED) is 0.758. The lowest BCUT2D eigenvalue weighted by Gasteiger charge is -2.05. The number of carbonyl (C=O) groups excluding carboxylic acids is 1. The summed E-state index contributed by atoms with van der Waals surface area (Å²) in [6.45, 7) is 4.29. The molecule has 0 saturated carbocycles. The second-order valence-corrected chi connectivity index (χ2v) is 4.14. The molecular formula is C12H16N4O3. The van der Waals surface area contributed by atoms with Gasteiger partial charge in [0.25, 0.3) is 0 Å². The van der Waals surface area contributed by atoms with E-state index in [1.165, 1.54) is 13.5 Å². The molecular weight excluding hydrogens is 248 g/mol. The van der Waals surface area contributed by atoms with Gasteiger partial charge in [-0.25, -0.2) is 14.5 Å². The molecule has 102 valence electrons. The van der Waals surface area contributed by atoms with Gasteiger partial charge in [0.05, 0.1) is 19.3 Å². The summed E-state index contributed by atoms with van der Waals surface area (Å²) in [5.41, 5.74) is 1.81. The van der Waals surface area contributed by atoms with E-state index in [0.717, 1.165) is 23.6 Å². The SMILES string of the molecule is CCCc1c(C(=O)OC)nnn1Cc1ncoc1C. The van der Waals surface area contributed by atoms with Crippen LogP contribution in [0.5, 0.6) is 0 Å². The number of esters is 1. The van der Waals surface area contributed by atoms with Crippen molar-refractivity contribution in [1.29, 1.82) is 0 Å². The van der Waals surface area contributed by atoms with Crippen LogP contribution in [0.25, 0.3) is 0 Å². The Morgan fingerprint density at radius 2 is 2.32 bits per heavy atom. The number of oxazole rings is 1. The normalized spacial score (nSPS) is 10.7. The fourth-order valence-corrected chi connectivity index (χ4v) is 1.82. The van der Waals surface area contributed by atoms with Gasteiger partial charge in [-0.2, -0.15) is 0 Å². The summed E-state index contributed by atoms with van der Waals surface area (Å²) in [7, 11) is 1.33. The van der Waals surface area contributed by atoms with E-state index in [9.17, 15) is 4.79 Å². The summed E-state index contributed by atoms with van der Waals surface area (Å²) in [6.07, 6.45) is 2.98. The Morgan fingerprint density at radius 3 is 2.89 bits per heavy atom. The van der Waals surface area contributed by atoms with Gasteiger partial charge in [-0.15, -0.1) is 5.10 Å². The average Bonchev–Trinajstić information content (AvgIpc) is 2.98. The van der Waals surface area contributed by atoms with E-state index >= 15 is 0 Å². The van der Waals surface area contributed by atoms with Crippen LogP contribution in [0.1, 0.15) is 41.0 Å². The highest BCUT2D eigenvalue weighted by molar-refractivity contribution is 5.88. The maximum atomic E-state index is 11.6. The number of aryl methyl sites for hydroxylation is 1. The molecule has 0 saturated heterocycles. The molecule has 7 nitrogen and oxygen atoms in total. The van der Waals surface area contributed by atoms with Gasteiger partial charge in [0.2, 0.25) is 0 Å². The lowest BCUT2D eigenvalue weighted by atomic mass is 10.2. The second kappa shape index (κ2) is 5.64. The minimum Gasteiger partial charge on any atom is -0.464 e. The van der Waals surface area contributed by atoms with E-state index < -0.39 is 5.97 Å². The first kappa shape index (κ1) is 13.3. The number of methoxy groups -OCH3 is 1. The zero-order valence-corrected chi connectivity index (χ0v) is 11.2. The van der Waals surface area contributed by atoms with Crippen LogP contribution in [0.2, 0.25) is 0 Å². The Labute approximate surface area is 110 Å². The summed E-state index contributed by atoms with van der Waals surface area (Å²) < 4.78 is 11.5. The molecule has 0 N–H and O–H groups in total. The van der Waals surface area contributed by atoms with Crippen LogP contribution in [0.15, 0.2) is 10.8 Å². The smallest absolute Gasteiger partial charge is 0.360 e. The lowest BCUT2D eigenvalue weighted by molar-refractivity contribution is 0.0592. The molecule has 7 heteroatoms. The van der Waals surface area contributed by atoms with Gasteiger partial charge in [0.1, 0.15) is 11.5 Å². The fraction of sp³-hybridized carbons (Fsp3) is 0.500. The van der Waals surface area contributed by atoms with Crippen molar-refractivity contribution in [3.05, 3.63) is 29.2 Å². The lowest BCUT2D eigenvalue weighted by Crippen LogP contribution is -2.11. The zero-order valence-electron chi connectivity index (χ0n) is 11.2. The van der Waals surface area contributed by atoms with Crippen LogP contribution in [0.3, 0.4) is 0 Å². The highest BCUT2D eigenvalue weighted by Crippen LogP contribution is 2.13. The second-order valence-electron chi connectivity index (χ2n) is 4.14. The number of hydrogen-bond acceptors (Lipinski definition) is 6. The molecule has 0 aromatic carbocycles. The number of aromatic nitrogens is 4. The van der Waals surface area contributed by atoms with E-state index in [1.807, 2.05) is 13.8 Å². The maximum absolute atomic E-state index is 11.6. The molecule has 2 aromatic heterocycles. The van der Waals surface area contributed by atoms with Crippen molar-refractivity contribution in [3.8, 4) is 0 Å². The van der Waals surface area contributed by atoms with Gasteiger partial charge in [0, 0.05) is 0 Å². The Kier molecular flexibility index (Phi) is 3.94. The first-order valence-corrected chi connectivity index (χ1v) is 6.07. The van der Waals surface area contributed by atoms with E-state index in [-0.39, 0.29) is 5.69 Å². The van der Waals surface area contributed by atoms with Crippen LogP contribution in [-0.2, 0) is 17.7 Å². The van der Waals surface area contributed by atoms with Crippen molar-refractivity contribution >= 4 is 5.97 Å². The van der Waals surface area contributed by atoms with Crippen molar-refractivity contribution in [3.63, 3.8) is 0 Å². The van der Waals surface area contributed by atoms with E-state index in [1.54, 1.807) is 4.68 Å². The van der Waals surface area contributed by atoms with E-state index in [4.69, 9.17) is 9.15 Å². The number of carbonyl (C=O) groups is 1. The summed E-state index contributed by atoms with van der Waals surface area (Å²) in [5, 5.41) is 7.90. The highest BCUT2D eigenvalue weighted by atomic mass is 16.5. The third-order valence-corrected chi connectivity index (χ3v) is 2.85. The van der Waals surface area contributed by atoms with E-state index in [2.05, 4.69) is 15.3 Å². The third kappa shape index (κ3) is 2.64. The average molecular weight is 264 g/mol. The summed E-state index contributed by atoms with van der Waals surface area (Å²) in [4.78, 5) is 15.7. The molecule has 0 atom stereocenters. The van der Waals surface area contributed by atoms with Gasteiger partial charge < -0.3 is 9.15 Å². The largest absolute Gasteiger partial charge is 0.464 e. The molecule has 0 aliphatic heterocycles. The van der Waals surface area contributed by atoms with Gasteiger partial charge in [-0.05, 0) is 13.3 Å². The third-order valence-electron chi connectivity index (χ3n) is 2.85. The number of hydrogen-bond donors (Lipinski definition) is 0. The topological polar surface area (TPSA) is 83.0 Å². The predicted molar refractivity (Wildman–Crippen MR) is 65.7 cm³/mol. The summed E-state index contributed by atoms with van der Waals surface area (Å²) >= 11 is 0. The van der Waals surface area contributed by atoms with Crippen molar-refractivity contribution in [2.45, 2.75) is 33.2 Å². The van der Waals surface area contributed by atoms with Gasteiger partial charge >= 0.3 is 5.97 Å². The summed E-state index contributed by atoms with van der Waals surface area (Å²) in [5.74, 6) is 0.268. The van der Waals surface area contributed by atoms with Gasteiger partial charge in [-0.3, -0.25) is 0 Å². The van der Waals surface area contributed by atoms with Crippen LogP contribution in [0, 0.1) is 6.92 Å². The Morgan fingerprint density at radius 1 is 1.53 bits per heavy atom. The summed E-state index contributed by atoms with van der Waals surface area (Å²) in [6, 6.07) is 0. The van der Waals surface area contributed by atoms with Crippen LogP contribution in [0.4, 0.5) is 0 Å². The van der Waals surface area contributed by atoms with Crippen molar-refractivity contribution in [2.75, 3.05) is 7.11 Å². The number of rotatable bonds is 5. The molecule has 0 aliphatic carbocycles. The molecule has 0 fully saturated rings. The molecule has 0 unspecified atom stereocenters. The minimum atomic E-state index is -0.466. The van der Waals surface area contributed by atoms with Crippen molar-refractivity contribution in [2.24, 2.45) is 0 Å². The Bertz CT molecular complexity index is 573. The standard InChI is InChI=1S/C12H16N4O3/c1-4-5-10-11(12(17)18-3)14-15-16(10)6-9-8(2)19-7-13-9/h7H,4-6H2,1-3H3. The Balaban J connectivity index is 2.32. The molecule has 2 heterocycles. The molecule has 0 amide bonds. The molecule has 2 aromatic rings. The fourth-order valence-electron chi connectivity index (χ4n) is 1.82. The van der Waals surface area contributed by atoms with Crippen molar-refractivity contribution in [1.82, 2.24) is 20.0 Å². The monoisotopic (exact) mass is 264 g/mol. The Hall–Kier alpha value is -2.18. The van der Waals surface area contributed by atoms with E-state index in [0.29, 0.717) is 13.0 Å². The van der Waals surface area contributed by atoms with Gasteiger partial charge in [-0.1, -0.05) is 18.6 Å². The highest BCUT2D eigenvalue weighted by Gasteiger charge is 2.20. The van der Waals surface area contributed by atoms with Crippen LogP contribution < -0.4 is 0 Å². The predicted octanol–water partition coefficient (Wildman–Crippen LogP) is 1.36.